The highest BCUT2D eigenvalue weighted by Gasteiger charge is 2.15. The zero-order chi connectivity index (χ0) is 13.1. The summed E-state index contributed by atoms with van der Waals surface area (Å²) in [7, 11) is 0. The van der Waals surface area contributed by atoms with Gasteiger partial charge in [-0.05, 0) is 6.92 Å². The second-order valence-corrected chi connectivity index (χ2v) is 3.21. The van der Waals surface area contributed by atoms with Gasteiger partial charge >= 0.3 is 18.0 Å². The minimum Gasteiger partial charge on any atom is -0.478 e. The van der Waals surface area contributed by atoms with Crippen LogP contribution in [0, 0.1) is 0 Å². The Morgan fingerprint density at radius 2 is 2.33 bits per heavy atom. The molecule has 0 amide bonds. The van der Waals surface area contributed by atoms with Crippen molar-refractivity contribution in [2.24, 2.45) is 0 Å². The summed E-state index contributed by atoms with van der Waals surface area (Å²) < 4.78 is 10.9. The fourth-order valence-corrected chi connectivity index (χ4v) is 1.21. The fraction of sp³-hybridized carbons (Fsp3) is 0.200. The van der Waals surface area contributed by atoms with Gasteiger partial charge in [-0.1, -0.05) is 0 Å². The van der Waals surface area contributed by atoms with Gasteiger partial charge in [0.05, 0.1) is 24.6 Å². The molecule has 2 aromatic heterocycles. The molecule has 0 bridgehead atoms. The Bertz CT molecular complexity index is 586. The molecule has 0 aliphatic heterocycles. The molecule has 0 saturated heterocycles. The number of nitrogens with zero attached hydrogens (tertiary/aromatic N) is 3. The summed E-state index contributed by atoms with van der Waals surface area (Å²) in [6, 6.07) is -0.00875. The van der Waals surface area contributed by atoms with Crippen molar-refractivity contribution in [3.05, 3.63) is 29.9 Å². The number of esters is 1. The maximum atomic E-state index is 11.3. The zero-order valence-corrected chi connectivity index (χ0v) is 9.36. The standard InChI is InChI=1S/C10H9N3O5/c1-2-17-9(16)7-5-18-10(12-7)13-4-6(3-11-13)8(14)15/h3-5H,2H2,1H3,(H,14,15). The number of carboxylic acid groups (broad SMARTS) is 1. The molecule has 1 N–H and O–H groups in total. The van der Waals surface area contributed by atoms with E-state index in [1.165, 1.54) is 6.20 Å². The highest BCUT2D eigenvalue weighted by Crippen LogP contribution is 2.09. The number of carboxylic acids is 1. The van der Waals surface area contributed by atoms with Crippen LogP contribution in [0.2, 0.25) is 0 Å². The molecule has 94 valence electrons. The molecule has 0 saturated carbocycles. The van der Waals surface area contributed by atoms with Crippen LogP contribution in [0.3, 0.4) is 0 Å². The van der Waals surface area contributed by atoms with Crippen molar-refractivity contribution in [3.63, 3.8) is 0 Å². The number of carbonyl (C=O) groups excluding carboxylic acids is 1. The number of aromatic nitrogens is 3. The van der Waals surface area contributed by atoms with Crippen LogP contribution in [0.25, 0.3) is 6.01 Å². The average molecular weight is 251 g/mol. The molecule has 0 aromatic carbocycles. The van der Waals surface area contributed by atoms with E-state index in [2.05, 4.69) is 10.1 Å². The van der Waals surface area contributed by atoms with Gasteiger partial charge in [-0.3, -0.25) is 0 Å². The summed E-state index contributed by atoms with van der Waals surface area (Å²) in [6.07, 6.45) is 3.50. The van der Waals surface area contributed by atoms with Crippen LogP contribution in [0.1, 0.15) is 27.8 Å². The number of ether oxygens (including phenoxy) is 1. The maximum Gasteiger partial charge on any atom is 0.360 e. The summed E-state index contributed by atoms with van der Waals surface area (Å²) in [6.45, 7) is 1.90. The topological polar surface area (TPSA) is 107 Å². The van der Waals surface area contributed by atoms with Gasteiger partial charge in [0.1, 0.15) is 6.26 Å². The van der Waals surface area contributed by atoms with Crippen molar-refractivity contribution in [2.45, 2.75) is 6.92 Å². The van der Waals surface area contributed by atoms with E-state index < -0.39 is 11.9 Å². The first-order valence-corrected chi connectivity index (χ1v) is 5.02. The SMILES string of the molecule is CCOC(=O)c1coc(-n2cc(C(=O)O)cn2)n1. The Labute approximate surface area is 101 Å². The van der Waals surface area contributed by atoms with Gasteiger partial charge in [0, 0.05) is 0 Å². The van der Waals surface area contributed by atoms with Crippen LogP contribution >= 0.6 is 0 Å². The minimum atomic E-state index is -1.11. The first-order chi connectivity index (χ1) is 8.61. The van der Waals surface area contributed by atoms with Gasteiger partial charge < -0.3 is 14.3 Å². The fourth-order valence-electron chi connectivity index (χ4n) is 1.21. The molecule has 0 atom stereocenters. The van der Waals surface area contributed by atoms with E-state index in [4.69, 9.17) is 14.3 Å². The number of hydrogen-bond donors (Lipinski definition) is 1. The average Bonchev–Trinajstić information content (AvgIpc) is 2.98. The van der Waals surface area contributed by atoms with Crippen LogP contribution in [-0.2, 0) is 4.74 Å². The Morgan fingerprint density at radius 3 is 2.94 bits per heavy atom. The van der Waals surface area contributed by atoms with Gasteiger partial charge in [0.15, 0.2) is 5.69 Å². The molecule has 0 aliphatic carbocycles. The normalized spacial score (nSPS) is 10.3. The molecule has 0 radical (unpaired) electrons. The number of hydrogen-bond acceptors (Lipinski definition) is 6. The monoisotopic (exact) mass is 251 g/mol. The number of oxazole rings is 1. The first kappa shape index (κ1) is 11.8. The summed E-state index contributed by atoms with van der Waals surface area (Å²) in [5, 5.41) is 12.5. The third-order valence-electron chi connectivity index (χ3n) is 2.00. The van der Waals surface area contributed by atoms with Crippen molar-refractivity contribution in [3.8, 4) is 6.01 Å². The van der Waals surface area contributed by atoms with E-state index in [1.54, 1.807) is 6.92 Å². The lowest BCUT2D eigenvalue weighted by molar-refractivity contribution is 0.0519. The van der Waals surface area contributed by atoms with Gasteiger partial charge in [0.25, 0.3) is 0 Å². The Hall–Kier alpha value is -2.64. The Balaban J connectivity index is 2.23. The van der Waals surface area contributed by atoms with Gasteiger partial charge in [0.2, 0.25) is 0 Å². The molecule has 0 spiro atoms. The van der Waals surface area contributed by atoms with Crippen LogP contribution < -0.4 is 0 Å². The van der Waals surface area contributed by atoms with Crippen molar-refractivity contribution < 1.29 is 23.8 Å². The molecular formula is C10H9N3O5. The predicted octanol–water partition coefficient (Wildman–Crippen LogP) is 0.735. The van der Waals surface area contributed by atoms with Crippen molar-refractivity contribution in [2.75, 3.05) is 6.61 Å². The molecule has 0 unspecified atom stereocenters. The third kappa shape index (κ3) is 2.21. The third-order valence-corrected chi connectivity index (χ3v) is 2.00. The summed E-state index contributed by atoms with van der Waals surface area (Å²) >= 11 is 0. The number of rotatable bonds is 4. The van der Waals surface area contributed by atoms with E-state index in [0.717, 1.165) is 17.1 Å². The van der Waals surface area contributed by atoms with E-state index >= 15 is 0 Å². The summed E-state index contributed by atoms with van der Waals surface area (Å²) in [4.78, 5) is 25.8. The molecule has 2 aromatic rings. The lowest BCUT2D eigenvalue weighted by Gasteiger charge is -1.95. The van der Waals surface area contributed by atoms with E-state index in [-0.39, 0.29) is 23.9 Å². The number of carbonyl (C=O) groups is 2. The molecule has 2 rings (SSSR count). The van der Waals surface area contributed by atoms with Gasteiger partial charge in [-0.2, -0.15) is 14.8 Å². The second-order valence-electron chi connectivity index (χ2n) is 3.21. The highest BCUT2D eigenvalue weighted by molar-refractivity contribution is 5.87. The zero-order valence-electron chi connectivity index (χ0n) is 9.36. The molecular weight excluding hydrogens is 242 g/mol. The molecule has 18 heavy (non-hydrogen) atoms. The van der Waals surface area contributed by atoms with Crippen LogP contribution in [0.15, 0.2) is 23.1 Å². The molecule has 0 aliphatic rings. The van der Waals surface area contributed by atoms with Crippen molar-refractivity contribution in [1.29, 1.82) is 0 Å². The molecule has 0 fully saturated rings. The summed E-state index contributed by atoms with van der Waals surface area (Å²) in [5.41, 5.74) is -0.00916. The Morgan fingerprint density at radius 1 is 1.56 bits per heavy atom. The number of aromatic carboxylic acids is 1. The van der Waals surface area contributed by atoms with E-state index in [0.29, 0.717) is 0 Å². The van der Waals surface area contributed by atoms with Gasteiger partial charge in [-0.15, -0.1) is 0 Å². The highest BCUT2D eigenvalue weighted by atomic mass is 16.5. The van der Waals surface area contributed by atoms with E-state index in [1.807, 2.05) is 0 Å². The second kappa shape index (κ2) is 4.70. The van der Waals surface area contributed by atoms with Gasteiger partial charge in [-0.25, -0.2) is 9.59 Å². The Kier molecular flexibility index (Phi) is 3.09. The predicted molar refractivity (Wildman–Crippen MR) is 56.5 cm³/mol. The molecule has 8 heteroatoms. The molecule has 2 heterocycles. The smallest absolute Gasteiger partial charge is 0.360 e. The maximum absolute atomic E-state index is 11.3. The first-order valence-electron chi connectivity index (χ1n) is 5.02. The van der Waals surface area contributed by atoms with Crippen LogP contribution in [0.5, 0.6) is 0 Å². The molecule has 8 nitrogen and oxygen atoms in total. The lowest BCUT2D eigenvalue weighted by atomic mass is 10.4. The van der Waals surface area contributed by atoms with Crippen molar-refractivity contribution >= 4 is 11.9 Å². The quantitative estimate of drug-likeness (QED) is 0.798. The minimum absolute atomic E-state index is 0.000718. The van der Waals surface area contributed by atoms with E-state index in [9.17, 15) is 9.59 Å². The summed E-state index contributed by atoms with van der Waals surface area (Å²) in [5.74, 6) is -1.73. The lowest BCUT2D eigenvalue weighted by Crippen LogP contribution is -2.05. The van der Waals surface area contributed by atoms with Crippen molar-refractivity contribution in [1.82, 2.24) is 14.8 Å². The van der Waals surface area contributed by atoms with Crippen LogP contribution in [-0.4, -0.2) is 38.4 Å². The largest absolute Gasteiger partial charge is 0.478 e. The van der Waals surface area contributed by atoms with Crippen LogP contribution in [0.4, 0.5) is 0 Å².